The molecular weight excluding hydrogens is 342 g/mol. The van der Waals surface area contributed by atoms with E-state index >= 15 is 0 Å². The van der Waals surface area contributed by atoms with Gasteiger partial charge in [-0.25, -0.2) is 0 Å². The molecule has 3 rings (SSSR count). The van der Waals surface area contributed by atoms with Crippen molar-refractivity contribution in [1.29, 1.82) is 0 Å². The Hall–Kier alpha value is -3.12. The minimum Gasteiger partial charge on any atom is -0.380 e. The van der Waals surface area contributed by atoms with Crippen molar-refractivity contribution in [3.63, 3.8) is 0 Å². The molecule has 27 heavy (non-hydrogen) atoms. The Morgan fingerprint density at radius 2 is 1.93 bits per heavy atom. The summed E-state index contributed by atoms with van der Waals surface area (Å²) < 4.78 is 5.07. The zero-order valence-corrected chi connectivity index (χ0v) is 15.5. The van der Waals surface area contributed by atoms with Crippen LogP contribution in [0.15, 0.2) is 48.7 Å². The predicted octanol–water partition coefficient (Wildman–Crippen LogP) is 2.92. The van der Waals surface area contributed by atoms with Crippen LogP contribution in [0.25, 0.3) is 10.9 Å². The molecule has 0 saturated carbocycles. The maximum Gasteiger partial charge on any atom is 0.313 e. The molecule has 0 saturated heterocycles. The van der Waals surface area contributed by atoms with Crippen LogP contribution in [0.5, 0.6) is 0 Å². The number of nitrogens with one attached hydrogen (secondary N) is 3. The number of ether oxygens (including phenoxy) is 1. The first-order valence-electron chi connectivity index (χ1n) is 8.81. The summed E-state index contributed by atoms with van der Waals surface area (Å²) in [6.45, 7) is 2.89. The zero-order chi connectivity index (χ0) is 19.2. The normalized spacial score (nSPS) is 10.7. The third kappa shape index (κ3) is 4.54. The number of anilines is 1. The van der Waals surface area contributed by atoms with E-state index < -0.39 is 11.8 Å². The first-order valence-corrected chi connectivity index (χ1v) is 8.81. The summed E-state index contributed by atoms with van der Waals surface area (Å²) >= 11 is 0. The summed E-state index contributed by atoms with van der Waals surface area (Å²) in [5, 5.41) is 6.46. The number of aromatic nitrogens is 1. The van der Waals surface area contributed by atoms with Gasteiger partial charge < -0.3 is 20.4 Å². The van der Waals surface area contributed by atoms with Crippen molar-refractivity contribution in [2.45, 2.75) is 20.0 Å². The minimum absolute atomic E-state index is 0.386. The number of rotatable bonds is 6. The second kappa shape index (κ2) is 8.51. The maximum atomic E-state index is 12.1. The quantitative estimate of drug-likeness (QED) is 0.587. The molecule has 6 nitrogen and oxygen atoms in total. The lowest BCUT2D eigenvalue weighted by molar-refractivity contribution is -0.136. The van der Waals surface area contributed by atoms with Crippen molar-refractivity contribution in [3.05, 3.63) is 65.4 Å². The molecule has 0 radical (unpaired) electrons. The zero-order valence-electron chi connectivity index (χ0n) is 15.5. The fraction of sp³-hybridized carbons (Fsp3) is 0.238. The summed E-state index contributed by atoms with van der Waals surface area (Å²) in [6.07, 6.45) is 2.60. The molecule has 0 unspecified atom stereocenters. The van der Waals surface area contributed by atoms with E-state index in [0.717, 1.165) is 16.6 Å². The number of carbonyl (C=O) groups is 2. The van der Waals surface area contributed by atoms with Crippen LogP contribution in [0, 0.1) is 6.92 Å². The van der Waals surface area contributed by atoms with E-state index in [-0.39, 0.29) is 0 Å². The number of methoxy groups -OCH3 is 1. The standard InChI is InChI=1S/C21H23N3O3/c1-14-5-3-8-18-19(14)16(12-23-18)9-10-22-20(25)21(26)24-17-7-4-6-15(11-17)13-27-2/h3-8,11-12,23H,9-10,13H2,1-2H3,(H,22,25)(H,24,26). The first kappa shape index (κ1) is 18.7. The monoisotopic (exact) mass is 365 g/mol. The van der Waals surface area contributed by atoms with Gasteiger partial charge in [0.15, 0.2) is 0 Å². The van der Waals surface area contributed by atoms with Gasteiger partial charge >= 0.3 is 11.8 Å². The summed E-state index contributed by atoms with van der Waals surface area (Å²) in [6, 6.07) is 13.3. The van der Waals surface area contributed by atoms with Crippen LogP contribution in [0.2, 0.25) is 0 Å². The highest BCUT2D eigenvalue weighted by molar-refractivity contribution is 6.39. The van der Waals surface area contributed by atoms with Gasteiger partial charge in [-0.15, -0.1) is 0 Å². The largest absolute Gasteiger partial charge is 0.380 e. The van der Waals surface area contributed by atoms with E-state index in [1.54, 1.807) is 25.3 Å². The molecule has 0 fully saturated rings. The fourth-order valence-corrected chi connectivity index (χ4v) is 3.13. The SMILES string of the molecule is COCc1cccc(NC(=O)C(=O)NCCc2c[nH]c3cccc(C)c23)c1. The molecule has 0 atom stereocenters. The lowest BCUT2D eigenvalue weighted by atomic mass is 10.1. The predicted molar refractivity (Wildman–Crippen MR) is 106 cm³/mol. The molecule has 2 amide bonds. The van der Waals surface area contributed by atoms with Gasteiger partial charge in [-0.2, -0.15) is 0 Å². The number of H-pyrrole nitrogens is 1. The van der Waals surface area contributed by atoms with Crippen LogP contribution in [-0.2, 0) is 27.4 Å². The number of aromatic amines is 1. The fourth-order valence-electron chi connectivity index (χ4n) is 3.13. The number of hydrogen-bond donors (Lipinski definition) is 3. The molecule has 0 aliphatic heterocycles. The van der Waals surface area contributed by atoms with Crippen molar-refractivity contribution in [2.75, 3.05) is 19.0 Å². The van der Waals surface area contributed by atoms with Gasteiger partial charge in [0.05, 0.1) is 6.61 Å². The Bertz CT molecular complexity index is 962. The van der Waals surface area contributed by atoms with Crippen molar-refractivity contribution in [3.8, 4) is 0 Å². The number of hydrogen-bond acceptors (Lipinski definition) is 3. The molecule has 1 aromatic heterocycles. The summed E-state index contributed by atoms with van der Waals surface area (Å²) in [7, 11) is 1.61. The van der Waals surface area contributed by atoms with Gasteiger partial charge in [0.2, 0.25) is 0 Å². The summed E-state index contributed by atoms with van der Waals surface area (Å²) in [4.78, 5) is 27.4. The molecule has 140 valence electrons. The van der Waals surface area contributed by atoms with E-state index in [1.807, 2.05) is 24.4 Å². The van der Waals surface area contributed by atoms with Crippen molar-refractivity contribution in [1.82, 2.24) is 10.3 Å². The van der Waals surface area contributed by atoms with Crippen molar-refractivity contribution in [2.24, 2.45) is 0 Å². The van der Waals surface area contributed by atoms with Crippen molar-refractivity contribution < 1.29 is 14.3 Å². The van der Waals surface area contributed by atoms with Gasteiger partial charge in [-0.1, -0.05) is 24.3 Å². The number of amides is 2. The second-order valence-electron chi connectivity index (χ2n) is 6.40. The number of carbonyl (C=O) groups excluding carboxylic acids is 2. The Labute approximate surface area is 157 Å². The van der Waals surface area contributed by atoms with Crippen LogP contribution in [0.3, 0.4) is 0 Å². The van der Waals surface area contributed by atoms with Gasteiger partial charge in [0.1, 0.15) is 0 Å². The number of fused-ring (bicyclic) bond motifs is 1. The highest BCUT2D eigenvalue weighted by Gasteiger charge is 2.14. The lowest BCUT2D eigenvalue weighted by Gasteiger charge is -2.08. The van der Waals surface area contributed by atoms with Gasteiger partial charge in [0, 0.05) is 36.4 Å². The van der Waals surface area contributed by atoms with Crippen molar-refractivity contribution >= 4 is 28.4 Å². The third-order valence-electron chi connectivity index (χ3n) is 4.38. The molecule has 0 aliphatic rings. The van der Waals surface area contributed by atoms with Crippen LogP contribution in [0.4, 0.5) is 5.69 Å². The van der Waals surface area contributed by atoms with E-state index in [1.165, 1.54) is 10.9 Å². The van der Waals surface area contributed by atoms with E-state index in [2.05, 4.69) is 28.6 Å². The Morgan fingerprint density at radius 3 is 2.74 bits per heavy atom. The highest BCUT2D eigenvalue weighted by Crippen LogP contribution is 2.22. The van der Waals surface area contributed by atoms with Crippen LogP contribution in [0.1, 0.15) is 16.7 Å². The molecule has 1 heterocycles. The average Bonchev–Trinajstić information content (AvgIpc) is 3.07. The van der Waals surface area contributed by atoms with Crippen LogP contribution < -0.4 is 10.6 Å². The number of benzene rings is 2. The smallest absolute Gasteiger partial charge is 0.313 e. The van der Waals surface area contributed by atoms with Gasteiger partial charge in [-0.3, -0.25) is 9.59 Å². The third-order valence-corrected chi connectivity index (χ3v) is 4.38. The Morgan fingerprint density at radius 1 is 1.11 bits per heavy atom. The molecule has 0 aliphatic carbocycles. The second-order valence-corrected chi connectivity index (χ2v) is 6.40. The van der Waals surface area contributed by atoms with Gasteiger partial charge in [0.25, 0.3) is 0 Å². The first-order chi connectivity index (χ1) is 13.1. The molecule has 6 heteroatoms. The van der Waals surface area contributed by atoms with E-state index in [4.69, 9.17) is 4.74 Å². The maximum absolute atomic E-state index is 12.1. The minimum atomic E-state index is -0.681. The van der Waals surface area contributed by atoms with E-state index in [9.17, 15) is 9.59 Å². The Balaban J connectivity index is 1.54. The topological polar surface area (TPSA) is 83.2 Å². The summed E-state index contributed by atoms with van der Waals surface area (Å²) in [5.74, 6) is -1.33. The molecule has 3 N–H and O–H groups in total. The van der Waals surface area contributed by atoms with Crippen LogP contribution in [-0.4, -0.2) is 30.5 Å². The molecule has 3 aromatic rings. The van der Waals surface area contributed by atoms with E-state index in [0.29, 0.717) is 25.3 Å². The number of aryl methyl sites for hydroxylation is 1. The highest BCUT2D eigenvalue weighted by atomic mass is 16.5. The Kier molecular flexibility index (Phi) is 5.88. The molecule has 2 aromatic carbocycles. The molecule has 0 spiro atoms. The lowest BCUT2D eigenvalue weighted by Crippen LogP contribution is -2.36. The summed E-state index contributed by atoms with van der Waals surface area (Å²) in [5.41, 5.74) is 4.87. The van der Waals surface area contributed by atoms with Gasteiger partial charge in [-0.05, 0) is 48.2 Å². The molecular formula is C21H23N3O3. The van der Waals surface area contributed by atoms with Crippen LogP contribution >= 0.6 is 0 Å². The molecule has 0 bridgehead atoms. The average molecular weight is 365 g/mol.